The summed E-state index contributed by atoms with van der Waals surface area (Å²) in [6.07, 6.45) is 2.64. The number of benzene rings is 1. The van der Waals surface area contributed by atoms with Gasteiger partial charge in [-0.1, -0.05) is 23.7 Å². The molecule has 4 heteroatoms. The van der Waals surface area contributed by atoms with Crippen LogP contribution in [0.15, 0.2) is 47.1 Å². The van der Waals surface area contributed by atoms with E-state index >= 15 is 0 Å². The standard InChI is InChI=1S/C14H12BrCl2N/c15-12-3-6-14(18-9-12)7-11(8-16)10-1-4-13(17)5-2-10/h1-6,9,11H,7-8H2. The van der Waals surface area contributed by atoms with E-state index < -0.39 is 0 Å². The van der Waals surface area contributed by atoms with Crippen LogP contribution in [0.2, 0.25) is 5.02 Å². The van der Waals surface area contributed by atoms with Crippen LogP contribution in [0.25, 0.3) is 0 Å². The second kappa shape index (κ2) is 6.55. The second-order valence-electron chi connectivity index (χ2n) is 4.07. The van der Waals surface area contributed by atoms with Gasteiger partial charge in [0.15, 0.2) is 0 Å². The van der Waals surface area contributed by atoms with Crippen LogP contribution < -0.4 is 0 Å². The normalized spacial score (nSPS) is 12.4. The molecule has 1 heterocycles. The number of rotatable bonds is 4. The van der Waals surface area contributed by atoms with Crippen molar-refractivity contribution in [2.24, 2.45) is 0 Å². The summed E-state index contributed by atoms with van der Waals surface area (Å²) in [7, 11) is 0. The van der Waals surface area contributed by atoms with Crippen molar-refractivity contribution < 1.29 is 0 Å². The van der Waals surface area contributed by atoms with Crippen LogP contribution in [-0.2, 0) is 6.42 Å². The van der Waals surface area contributed by atoms with Crippen LogP contribution in [0.5, 0.6) is 0 Å². The third-order valence-corrected chi connectivity index (χ3v) is 3.87. The first-order chi connectivity index (χ1) is 8.69. The van der Waals surface area contributed by atoms with Crippen LogP contribution >= 0.6 is 39.1 Å². The molecule has 0 amide bonds. The van der Waals surface area contributed by atoms with Gasteiger partial charge in [-0.15, -0.1) is 11.6 Å². The average molecular weight is 345 g/mol. The van der Waals surface area contributed by atoms with Gasteiger partial charge in [0.2, 0.25) is 0 Å². The zero-order valence-corrected chi connectivity index (χ0v) is 12.7. The Morgan fingerprint density at radius 1 is 1.11 bits per heavy atom. The third-order valence-electron chi connectivity index (χ3n) is 2.77. The van der Waals surface area contributed by atoms with Crippen LogP contribution in [0.4, 0.5) is 0 Å². The topological polar surface area (TPSA) is 12.9 Å². The zero-order valence-electron chi connectivity index (χ0n) is 9.61. The summed E-state index contributed by atoms with van der Waals surface area (Å²) in [6, 6.07) is 11.8. The molecule has 1 atom stereocenters. The Morgan fingerprint density at radius 2 is 1.83 bits per heavy atom. The van der Waals surface area contributed by atoms with Gasteiger partial charge < -0.3 is 0 Å². The van der Waals surface area contributed by atoms with Crippen LogP contribution in [0.3, 0.4) is 0 Å². The number of hydrogen-bond donors (Lipinski definition) is 0. The number of halogens is 3. The third kappa shape index (κ3) is 3.71. The van der Waals surface area contributed by atoms with Gasteiger partial charge >= 0.3 is 0 Å². The molecule has 0 aliphatic rings. The number of nitrogens with zero attached hydrogens (tertiary/aromatic N) is 1. The quantitative estimate of drug-likeness (QED) is 0.706. The fourth-order valence-corrected chi connectivity index (χ4v) is 2.42. The minimum absolute atomic E-state index is 0.262. The number of hydrogen-bond acceptors (Lipinski definition) is 1. The van der Waals surface area contributed by atoms with Crippen molar-refractivity contribution in [2.75, 3.05) is 5.88 Å². The number of pyridine rings is 1. The first kappa shape index (κ1) is 13.9. The zero-order chi connectivity index (χ0) is 13.0. The minimum atomic E-state index is 0.262. The van der Waals surface area contributed by atoms with E-state index in [-0.39, 0.29) is 5.92 Å². The molecule has 0 spiro atoms. The summed E-state index contributed by atoms with van der Waals surface area (Å²) < 4.78 is 0.986. The summed E-state index contributed by atoms with van der Waals surface area (Å²) in [5.74, 6) is 0.831. The molecule has 0 aliphatic heterocycles. The number of alkyl halides is 1. The Morgan fingerprint density at radius 3 is 2.39 bits per heavy atom. The van der Waals surface area contributed by atoms with E-state index in [1.807, 2.05) is 42.6 Å². The Balaban J connectivity index is 2.14. The summed E-state index contributed by atoms with van der Waals surface area (Å²) in [5.41, 5.74) is 2.23. The van der Waals surface area contributed by atoms with Crippen molar-refractivity contribution in [2.45, 2.75) is 12.3 Å². The van der Waals surface area contributed by atoms with E-state index in [4.69, 9.17) is 23.2 Å². The molecule has 0 saturated heterocycles. The van der Waals surface area contributed by atoms with Gasteiger partial charge in [0.1, 0.15) is 0 Å². The van der Waals surface area contributed by atoms with Crippen molar-refractivity contribution in [1.29, 1.82) is 0 Å². The molecular formula is C14H12BrCl2N. The molecule has 1 nitrogen and oxygen atoms in total. The molecule has 0 fully saturated rings. The molecular weight excluding hydrogens is 333 g/mol. The van der Waals surface area contributed by atoms with Crippen LogP contribution in [0.1, 0.15) is 17.2 Å². The maximum absolute atomic E-state index is 6.05. The Hall–Kier alpha value is -0.570. The molecule has 0 aliphatic carbocycles. The van der Waals surface area contributed by atoms with Crippen molar-refractivity contribution in [3.63, 3.8) is 0 Å². The lowest BCUT2D eigenvalue weighted by molar-refractivity contribution is 0.747. The molecule has 0 radical (unpaired) electrons. The summed E-state index contributed by atoms with van der Waals surface area (Å²) >= 11 is 15.3. The van der Waals surface area contributed by atoms with Gasteiger partial charge in [-0.2, -0.15) is 0 Å². The highest BCUT2D eigenvalue weighted by molar-refractivity contribution is 9.10. The average Bonchev–Trinajstić information content (AvgIpc) is 2.39. The van der Waals surface area contributed by atoms with E-state index in [0.717, 1.165) is 21.6 Å². The summed E-state index contributed by atoms with van der Waals surface area (Å²) in [6.45, 7) is 0. The van der Waals surface area contributed by atoms with Gasteiger partial charge in [0.05, 0.1) is 0 Å². The first-order valence-corrected chi connectivity index (χ1v) is 7.31. The Kier molecular flexibility index (Phi) is 5.04. The highest BCUT2D eigenvalue weighted by Crippen LogP contribution is 2.23. The molecule has 0 N–H and O–H groups in total. The van der Waals surface area contributed by atoms with Crippen molar-refractivity contribution in [1.82, 2.24) is 4.98 Å². The fraction of sp³-hybridized carbons (Fsp3) is 0.214. The van der Waals surface area contributed by atoms with E-state index in [1.165, 1.54) is 5.56 Å². The summed E-state index contributed by atoms with van der Waals surface area (Å²) in [4.78, 5) is 4.38. The molecule has 1 aromatic heterocycles. The predicted octanol–water partition coefficient (Wildman–Crippen LogP) is 5.06. The lowest BCUT2D eigenvalue weighted by Gasteiger charge is -2.14. The molecule has 0 saturated carbocycles. The maximum atomic E-state index is 6.05. The SMILES string of the molecule is ClCC(Cc1ccc(Br)cn1)c1ccc(Cl)cc1. The minimum Gasteiger partial charge on any atom is -0.260 e. The number of aromatic nitrogens is 1. The Labute approximate surface area is 125 Å². The Bertz CT molecular complexity index is 496. The fourth-order valence-electron chi connectivity index (χ4n) is 1.78. The van der Waals surface area contributed by atoms with Crippen LogP contribution in [0, 0.1) is 0 Å². The highest BCUT2D eigenvalue weighted by Gasteiger charge is 2.12. The van der Waals surface area contributed by atoms with E-state index in [9.17, 15) is 0 Å². The van der Waals surface area contributed by atoms with E-state index in [2.05, 4.69) is 20.9 Å². The highest BCUT2D eigenvalue weighted by atomic mass is 79.9. The smallest absolute Gasteiger partial charge is 0.0413 e. The molecule has 1 unspecified atom stereocenters. The van der Waals surface area contributed by atoms with Crippen molar-refractivity contribution >= 4 is 39.1 Å². The van der Waals surface area contributed by atoms with Crippen molar-refractivity contribution in [3.05, 3.63) is 63.3 Å². The van der Waals surface area contributed by atoms with E-state index in [0.29, 0.717) is 5.88 Å². The van der Waals surface area contributed by atoms with Gasteiger partial charge in [-0.3, -0.25) is 4.98 Å². The largest absolute Gasteiger partial charge is 0.260 e. The second-order valence-corrected chi connectivity index (χ2v) is 5.74. The van der Waals surface area contributed by atoms with E-state index in [1.54, 1.807) is 0 Å². The lowest BCUT2D eigenvalue weighted by atomic mass is 9.96. The molecule has 0 bridgehead atoms. The molecule has 94 valence electrons. The van der Waals surface area contributed by atoms with Crippen molar-refractivity contribution in [3.8, 4) is 0 Å². The van der Waals surface area contributed by atoms with Crippen LogP contribution in [-0.4, -0.2) is 10.9 Å². The first-order valence-electron chi connectivity index (χ1n) is 5.61. The molecule has 2 rings (SSSR count). The van der Waals surface area contributed by atoms with Gasteiger partial charge in [0.25, 0.3) is 0 Å². The van der Waals surface area contributed by atoms with Gasteiger partial charge in [-0.25, -0.2) is 0 Å². The molecule has 1 aromatic carbocycles. The summed E-state index contributed by atoms with van der Waals surface area (Å²) in [5, 5.41) is 0.744. The van der Waals surface area contributed by atoms with Gasteiger partial charge in [0, 0.05) is 33.2 Å². The molecule has 2 aromatic rings. The monoisotopic (exact) mass is 343 g/mol. The predicted molar refractivity (Wildman–Crippen MR) is 80.6 cm³/mol. The maximum Gasteiger partial charge on any atom is 0.0413 e. The lowest BCUT2D eigenvalue weighted by Crippen LogP contribution is -2.05. The van der Waals surface area contributed by atoms with Gasteiger partial charge in [-0.05, 0) is 52.2 Å². The molecule has 18 heavy (non-hydrogen) atoms.